The zero-order chi connectivity index (χ0) is 22.8. The molecule has 5 rings (SSSR count). The smallest absolute Gasteiger partial charge is 0.261 e. The number of anilines is 2. The SMILES string of the molecule is O=C(Nc1ccc(C(=O)N2CCc3ccccc32)cc1)c1ccc(-c2ccccc2)[nH]c1=O. The van der Waals surface area contributed by atoms with Crippen LogP contribution in [-0.4, -0.2) is 23.3 Å². The summed E-state index contributed by atoms with van der Waals surface area (Å²) in [6.07, 6.45) is 0.841. The van der Waals surface area contributed by atoms with Crippen molar-refractivity contribution in [3.05, 3.63) is 118 Å². The molecule has 0 atom stereocenters. The third-order valence-electron chi connectivity index (χ3n) is 5.76. The van der Waals surface area contributed by atoms with Gasteiger partial charge in [0.1, 0.15) is 5.56 Å². The molecule has 162 valence electrons. The summed E-state index contributed by atoms with van der Waals surface area (Å²) in [6, 6.07) is 27.2. The number of para-hydroxylation sites is 1. The van der Waals surface area contributed by atoms with Gasteiger partial charge in [0.25, 0.3) is 17.4 Å². The number of H-pyrrole nitrogens is 1. The molecule has 6 heteroatoms. The van der Waals surface area contributed by atoms with Gasteiger partial charge in [-0.15, -0.1) is 0 Å². The second-order valence-corrected chi connectivity index (χ2v) is 7.85. The molecular weight excluding hydrogens is 414 g/mol. The first-order valence-corrected chi connectivity index (χ1v) is 10.7. The van der Waals surface area contributed by atoms with E-state index in [0.29, 0.717) is 23.5 Å². The summed E-state index contributed by atoms with van der Waals surface area (Å²) in [4.78, 5) is 42.6. The van der Waals surface area contributed by atoms with Gasteiger partial charge in [-0.05, 0) is 60.0 Å². The van der Waals surface area contributed by atoms with E-state index in [1.54, 1.807) is 35.2 Å². The van der Waals surface area contributed by atoms with Crippen LogP contribution < -0.4 is 15.8 Å². The lowest BCUT2D eigenvalue weighted by molar-refractivity contribution is 0.0988. The number of hydrogen-bond acceptors (Lipinski definition) is 3. The highest BCUT2D eigenvalue weighted by molar-refractivity contribution is 6.08. The minimum Gasteiger partial charge on any atom is -0.322 e. The van der Waals surface area contributed by atoms with Crippen LogP contribution in [0.1, 0.15) is 26.3 Å². The van der Waals surface area contributed by atoms with E-state index in [0.717, 1.165) is 17.7 Å². The van der Waals surface area contributed by atoms with Gasteiger partial charge >= 0.3 is 0 Å². The molecule has 6 nitrogen and oxygen atoms in total. The summed E-state index contributed by atoms with van der Waals surface area (Å²) in [5, 5.41) is 2.73. The number of rotatable bonds is 4. The highest BCUT2D eigenvalue weighted by Crippen LogP contribution is 2.29. The van der Waals surface area contributed by atoms with Crippen molar-refractivity contribution >= 4 is 23.2 Å². The van der Waals surface area contributed by atoms with E-state index in [2.05, 4.69) is 10.3 Å². The third kappa shape index (κ3) is 4.06. The summed E-state index contributed by atoms with van der Waals surface area (Å²) >= 11 is 0. The second kappa shape index (κ2) is 8.59. The molecule has 1 aliphatic heterocycles. The molecule has 0 saturated carbocycles. The molecule has 3 aromatic carbocycles. The molecule has 33 heavy (non-hydrogen) atoms. The van der Waals surface area contributed by atoms with E-state index in [4.69, 9.17) is 0 Å². The molecular formula is C27H21N3O3. The summed E-state index contributed by atoms with van der Waals surface area (Å²) in [6.45, 7) is 0.651. The first kappa shape index (κ1) is 20.5. The Bertz CT molecular complexity index is 1390. The van der Waals surface area contributed by atoms with Crippen LogP contribution in [-0.2, 0) is 6.42 Å². The van der Waals surface area contributed by atoms with Crippen molar-refractivity contribution in [2.75, 3.05) is 16.8 Å². The molecule has 0 saturated heterocycles. The highest BCUT2D eigenvalue weighted by atomic mass is 16.2. The number of aromatic nitrogens is 1. The Labute approximate surface area is 190 Å². The number of nitrogens with one attached hydrogen (secondary N) is 2. The molecule has 1 aliphatic rings. The lowest BCUT2D eigenvalue weighted by Crippen LogP contribution is -2.28. The van der Waals surface area contributed by atoms with Crippen molar-refractivity contribution in [1.29, 1.82) is 0 Å². The Balaban J connectivity index is 1.29. The lowest BCUT2D eigenvalue weighted by Gasteiger charge is -2.17. The topological polar surface area (TPSA) is 82.3 Å². The first-order chi connectivity index (χ1) is 16.1. The number of benzene rings is 3. The molecule has 0 radical (unpaired) electrons. The fraction of sp³-hybridized carbons (Fsp3) is 0.0741. The Morgan fingerprint density at radius 2 is 1.55 bits per heavy atom. The third-order valence-corrected chi connectivity index (χ3v) is 5.76. The zero-order valence-electron chi connectivity index (χ0n) is 17.7. The molecule has 2 amide bonds. The number of carbonyl (C=O) groups excluding carboxylic acids is 2. The molecule has 4 aromatic rings. The monoisotopic (exact) mass is 435 g/mol. The van der Waals surface area contributed by atoms with E-state index in [1.807, 2.05) is 54.6 Å². The Morgan fingerprint density at radius 1 is 0.818 bits per heavy atom. The van der Waals surface area contributed by atoms with E-state index in [-0.39, 0.29) is 11.5 Å². The van der Waals surface area contributed by atoms with Crippen molar-refractivity contribution in [2.45, 2.75) is 6.42 Å². The number of amides is 2. The Morgan fingerprint density at radius 3 is 2.30 bits per heavy atom. The molecule has 0 bridgehead atoms. The van der Waals surface area contributed by atoms with E-state index >= 15 is 0 Å². The predicted octanol–water partition coefficient (Wildman–Crippen LogP) is 4.50. The van der Waals surface area contributed by atoms with Gasteiger partial charge in [0, 0.05) is 29.2 Å². The van der Waals surface area contributed by atoms with Crippen LogP contribution in [0.2, 0.25) is 0 Å². The van der Waals surface area contributed by atoms with Gasteiger partial charge in [-0.25, -0.2) is 0 Å². The van der Waals surface area contributed by atoms with Gasteiger partial charge < -0.3 is 15.2 Å². The van der Waals surface area contributed by atoms with Crippen molar-refractivity contribution in [3.8, 4) is 11.3 Å². The van der Waals surface area contributed by atoms with Gasteiger partial charge in [0.15, 0.2) is 0 Å². The van der Waals surface area contributed by atoms with Gasteiger partial charge in [-0.3, -0.25) is 14.4 Å². The molecule has 2 N–H and O–H groups in total. The van der Waals surface area contributed by atoms with Gasteiger partial charge in [-0.1, -0.05) is 48.5 Å². The maximum Gasteiger partial charge on any atom is 0.261 e. The molecule has 0 fully saturated rings. The zero-order valence-corrected chi connectivity index (χ0v) is 17.7. The summed E-state index contributed by atoms with van der Waals surface area (Å²) in [5.41, 5.74) is 4.21. The molecule has 0 aliphatic carbocycles. The van der Waals surface area contributed by atoms with Crippen LogP contribution in [0.5, 0.6) is 0 Å². The predicted molar refractivity (Wildman–Crippen MR) is 129 cm³/mol. The van der Waals surface area contributed by atoms with Crippen molar-refractivity contribution in [1.82, 2.24) is 4.98 Å². The minimum atomic E-state index is -0.511. The average Bonchev–Trinajstić information content (AvgIpc) is 3.29. The van der Waals surface area contributed by atoms with E-state index in [9.17, 15) is 14.4 Å². The van der Waals surface area contributed by atoms with Crippen LogP contribution in [0.4, 0.5) is 11.4 Å². The fourth-order valence-electron chi connectivity index (χ4n) is 4.04. The van der Waals surface area contributed by atoms with Crippen molar-refractivity contribution in [2.24, 2.45) is 0 Å². The van der Waals surface area contributed by atoms with E-state index in [1.165, 1.54) is 11.6 Å². The molecule has 0 unspecified atom stereocenters. The normalized spacial score (nSPS) is 12.3. The Kier molecular flexibility index (Phi) is 5.32. The second-order valence-electron chi connectivity index (χ2n) is 7.85. The standard InChI is InChI=1S/C27H21N3O3/c31-25(22-14-15-23(29-26(22)32)18-6-2-1-3-7-18)28-21-12-10-20(11-13-21)27(33)30-17-16-19-8-4-5-9-24(19)30/h1-15H,16-17H2,(H,28,31)(H,29,32). The van der Waals surface area contributed by atoms with Gasteiger partial charge in [0.2, 0.25) is 0 Å². The maximum atomic E-state index is 13.0. The van der Waals surface area contributed by atoms with E-state index < -0.39 is 11.5 Å². The summed E-state index contributed by atoms with van der Waals surface area (Å²) in [5.74, 6) is -0.589. The van der Waals surface area contributed by atoms with Gasteiger partial charge in [0.05, 0.1) is 0 Å². The number of fused-ring (bicyclic) bond motifs is 1. The number of aromatic amines is 1. The van der Waals surface area contributed by atoms with Crippen LogP contribution in [0, 0.1) is 0 Å². The van der Waals surface area contributed by atoms with Crippen LogP contribution in [0.15, 0.2) is 95.8 Å². The van der Waals surface area contributed by atoms with Crippen LogP contribution in [0.3, 0.4) is 0 Å². The maximum absolute atomic E-state index is 13.0. The number of hydrogen-bond donors (Lipinski definition) is 2. The largest absolute Gasteiger partial charge is 0.322 e. The minimum absolute atomic E-state index is 0.0171. The lowest BCUT2D eigenvalue weighted by atomic mass is 10.1. The first-order valence-electron chi connectivity index (χ1n) is 10.7. The number of pyridine rings is 1. The summed E-state index contributed by atoms with van der Waals surface area (Å²) < 4.78 is 0. The molecule has 2 heterocycles. The average molecular weight is 435 g/mol. The number of nitrogens with zero attached hydrogens (tertiary/aromatic N) is 1. The Hall–Kier alpha value is -4.45. The molecule has 0 spiro atoms. The fourth-order valence-corrected chi connectivity index (χ4v) is 4.04. The summed E-state index contributed by atoms with van der Waals surface area (Å²) in [7, 11) is 0. The van der Waals surface area contributed by atoms with Crippen molar-refractivity contribution in [3.63, 3.8) is 0 Å². The molecule has 1 aromatic heterocycles. The van der Waals surface area contributed by atoms with Crippen LogP contribution >= 0.6 is 0 Å². The van der Waals surface area contributed by atoms with Crippen molar-refractivity contribution < 1.29 is 9.59 Å². The number of carbonyl (C=O) groups is 2. The highest BCUT2D eigenvalue weighted by Gasteiger charge is 2.25. The quantitative estimate of drug-likeness (QED) is 0.495. The van der Waals surface area contributed by atoms with Crippen LogP contribution in [0.25, 0.3) is 11.3 Å². The van der Waals surface area contributed by atoms with Gasteiger partial charge in [-0.2, -0.15) is 0 Å².